The van der Waals surface area contributed by atoms with E-state index in [1.165, 1.54) is 83.7 Å². The molecule has 4 rings (SSSR count). The van der Waals surface area contributed by atoms with Crippen LogP contribution in [0.3, 0.4) is 0 Å². The van der Waals surface area contributed by atoms with E-state index in [0.29, 0.717) is 18.2 Å². The zero-order chi connectivity index (χ0) is 14.1. The zero-order valence-electron chi connectivity index (χ0n) is 13.4. The molecule has 1 saturated heterocycles. The van der Waals surface area contributed by atoms with Crippen molar-refractivity contribution >= 4 is 0 Å². The summed E-state index contributed by atoms with van der Waals surface area (Å²) in [5.74, 6) is 0. The van der Waals surface area contributed by atoms with Crippen molar-refractivity contribution in [2.24, 2.45) is 0 Å². The van der Waals surface area contributed by atoms with Crippen LogP contribution in [0, 0.1) is 0 Å². The second-order valence-electron chi connectivity index (χ2n) is 7.73. The summed E-state index contributed by atoms with van der Waals surface area (Å²) in [5, 5.41) is 3.76. The second-order valence-corrected chi connectivity index (χ2v) is 7.73. The number of hydrogen-bond acceptors (Lipinski definition) is 3. The van der Waals surface area contributed by atoms with E-state index in [-0.39, 0.29) is 0 Å². The average molecular weight is 292 g/mol. The fourth-order valence-electron chi connectivity index (χ4n) is 5.42. The van der Waals surface area contributed by atoms with Gasteiger partial charge in [0.05, 0.1) is 12.2 Å². The van der Waals surface area contributed by atoms with Crippen LogP contribution in [0.15, 0.2) is 0 Å². The van der Waals surface area contributed by atoms with E-state index in [9.17, 15) is 0 Å². The van der Waals surface area contributed by atoms with Crippen molar-refractivity contribution in [3.05, 3.63) is 0 Å². The molecule has 0 aromatic rings. The zero-order valence-corrected chi connectivity index (χ0v) is 13.4. The van der Waals surface area contributed by atoms with E-state index in [1.807, 2.05) is 0 Å². The summed E-state index contributed by atoms with van der Waals surface area (Å²) >= 11 is 0. The maximum Gasteiger partial charge on any atom is 0.0734 e. The quantitative estimate of drug-likeness (QED) is 0.865. The van der Waals surface area contributed by atoms with Crippen molar-refractivity contribution in [2.75, 3.05) is 13.1 Å². The van der Waals surface area contributed by atoms with E-state index in [2.05, 4.69) is 10.2 Å². The number of fused-ring (bicyclic) bond motifs is 1. The monoisotopic (exact) mass is 292 g/mol. The second kappa shape index (κ2) is 6.55. The fraction of sp³-hybridized carbons (Fsp3) is 1.00. The van der Waals surface area contributed by atoms with Gasteiger partial charge in [0.1, 0.15) is 0 Å². The summed E-state index contributed by atoms with van der Waals surface area (Å²) in [6, 6.07) is 2.29. The number of rotatable bonds is 3. The van der Waals surface area contributed by atoms with Gasteiger partial charge in [-0.05, 0) is 38.5 Å². The highest BCUT2D eigenvalue weighted by Gasteiger charge is 2.42. The van der Waals surface area contributed by atoms with Gasteiger partial charge in [-0.1, -0.05) is 32.1 Å². The van der Waals surface area contributed by atoms with Crippen molar-refractivity contribution in [2.45, 2.75) is 101 Å². The van der Waals surface area contributed by atoms with Gasteiger partial charge in [0, 0.05) is 31.2 Å². The first-order valence-electron chi connectivity index (χ1n) is 9.56. The molecule has 3 aliphatic carbocycles. The standard InChI is InChI=1S/C18H32N2O/c1-2-7-14(6-1)21-18-11-4-3-9-17(18)20-13-12-19-15-8-5-10-16(15)20/h14-19H,1-13H2. The smallest absolute Gasteiger partial charge is 0.0734 e. The molecule has 4 atom stereocenters. The normalized spacial score (nSPS) is 42.3. The Bertz CT molecular complexity index is 342. The van der Waals surface area contributed by atoms with Gasteiger partial charge in [-0.25, -0.2) is 0 Å². The van der Waals surface area contributed by atoms with Crippen molar-refractivity contribution in [3.8, 4) is 0 Å². The molecular weight excluding hydrogens is 260 g/mol. The van der Waals surface area contributed by atoms with Crippen molar-refractivity contribution in [1.29, 1.82) is 0 Å². The van der Waals surface area contributed by atoms with Crippen LogP contribution in [0.5, 0.6) is 0 Å². The highest BCUT2D eigenvalue weighted by molar-refractivity contribution is 4.99. The lowest BCUT2D eigenvalue weighted by molar-refractivity contribution is -0.0875. The summed E-state index contributed by atoms with van der Waals surface area (Å²) in [5.41, 5.74) is 0. The number of nitrogens with zero attached hydrogens (tertiary/aromatic N) is 1. The lowest BCUT2D eigenvalue weighted by atomic mass is 9.88. The molecule has 3 heteroatoms. The van der Waals surface area contributed by atoms with Gasteiger partial charge in [-0.3, -0.25) is 4.90 Å². The summed E-state index contributed by atoms with van der Waals surface area (Å²) in [6.07, 6.45) is 16.2. The molecule has 3 nitrogen and oxygen atoms in total. The van der Waals surface area contributed by atoms with Gasteiger partial charge >= 0.3 is 0 Å². The molecule has 1 heterocycles. The minimum Gasteiger partial charge on any atom is -0.373 e. The molecule has 21 heavy (non-hydrogen) atoms. The Balaban J connectivity index is 1.44. The van der Waals surface area contributed by atoms with Crippen LogP contribution >= 0.6 is 0 Å². The predicted molar refractivity (Wildman–Crippen MR) is 85.5 cm³/mol. The molecule has 120 valence electrons. The Morgan fingerprint density at radius 1 is 0.762 bits per heavy atom. The maximum absolute atomic E-state index is 6.60. The van der Waals surface area contributed by atoms with Gasteiger partial charge in [-0.2, -0.15) is 0 Å². The molecule has 0 bridgehead atoms. The largest absolute Gasteiger partial charge is 0.373 e. The Hall–Kier alpha value is -0.120. The third kappa shape index (κ3) is 3.02. The summed E-state index contributed by atoms with van der Waals surface area (Å²) < 4.78 is 6.60. The number of hydrogen-bond donors (Lipinski definition) is 1. The van der Waals surface area contributed by atoms with Crippen molar-refractivity contribution in [1.82, 2.24) is 10.2 Å². The van der Waals surface area contributed by atoms with Gasteiger partial charge < -0.3 is 10.1 Å². The summed E-state index contributed by atoms with van der Waals surface area (Å²) in [7, 11) is 0. The van der Waals surface area contributed by atoms with Gasteiger partial charge in [0.25, 0.3) is 0 Å². The number of piperazine rings is 1. The van der Waals surface area contributed by atoms with Crippen LogP contribution in [0.2, 0.25) is 0 Å². The Morgan fingerprint density at radius 3 is 2.43 bits per heavy atom. The molecule has 0 amide bonds. The van der Waals surface area contributed by atoms with E-state index in [0.717, 1.165) is 12.1 Å². The molecule has 4 unspecified atom stereocenters. The molecule has 3 saturated carbocycles. The first kappa shape index (κ1) is 14.5. The third-order valence-corrected chi connectivity index (χ3v) is 6.45. The molecule has 4 fully saturated rings. The first-order valence-corrected chi connectivity index (χ1v) is 9.56. The molecule has 1 aliphatic heterocycles. The minimum atomic E-state index is 0.529. The van der Waals surface area contributed by atoms with Gasteiger partial charge in [0.15, 0.2) is 0 Å². The van der Waals surface area contributed by atoms with E-state index in [1.54, 1.807) is 0 Å². The number of ether oxygens (including phenoxy) is 1. The van der Waals surface area contributed by atoms with Crippen LogP contribution in [-0.4, -0.2) is 48.3 Å². The molecule has 0 radical (unpaired) electrons. The van der Waals surface area contributed by atoms with Gasteiger partial charge in [0.2, 0.25) is 0 Å². The molecular formula is C18H32N2O. The third-order valence-electron chi connectivity index (χ3n) is 6.45. The molecule has 4 aliphatic rings. The van der Waals surface area contributed by atoms with Gasteiger partial charge in [-0.15, -0.1) is 0 Å². The fourth-order valence-corrected chi connectivity index (χ4v) is 5.42. The first-order chi connectivity index (χ1) is 10.4. The maximum atomic E-state index is 6.60. The van der Waals surface area contributed by atoms with Crippen LogP contribution in [0.1, 0.15) is 70.6 Å². The van der Waals surface area contributed by atoms with Crippen LogP contribution < -0.4 is 5.32 Å². The van der Waals surface area contributed by atoms with Crippen molar-refractivity contribution in [3.63, 3.8) is 0 Å². The van der Waals surface area contributed by atoms with E-state index >= 15 is 0 Å². The Kier molecular flexibility index (Phi) is 4.52. The molecule has 0 aromatic carbocycles. The van der Waals surface area contributed by atoms with Crippen LogP contribution in [0.25, 0.3) is 0 Å². The topological polar surface area (TPSA) is 24.5 Å². The summed E-state index contributed by atoms with van der Waals surface area (Å²) in [4.78, 5) is 2.87. The van der Waals surface area contributed by atoms with Crippen molar-refractivity contribution < 1.29 is 4.74 Å². The van der Waals surface area contributed by atoms with E-state index in [4.69, 9.17) is 4.74 Å². The molecule has 0 spiro atoms. The number of nitrogens with one attached hydrogen (secondary N) is 1. The highest BCUT2D eigenvalue weighted by Crippen LogP contribution is 2.35. The van der Waals surface area contributed by atoms with E-state index < -0.39 is 0 Å². The molecule has 1 N–H and O–H groups in total. The minimum absolute atomic E-state index is 0.529. The lowest BCUT2D eigenvalue weighted by Gasteiger charge is -2.47. The predicted octanol–water partition coefficient (Wildman–Crippen LogP) is 3.08. The average Bonchev–Trinajstić information content (AvgIpc) is 3.18. The lowest BCUT2D eigenvalue weighted by Crippen LogP contribution is -2.61. The SMILES string of the molecule is C1CCC(OC2CCCCC2N2CCNC3CCCC32)C1. The van der Waals surface area contributed by atoms with Crippen LogP contribution in [-0.2, 0) is 4.74 Å². The van der Waals surface area contributed by atoms with Crippen LogP contribution in [0.4, 0.5) is 0 Å². The molecule has 0 aromatic heterocycles. The Labute approximate surface area is 129 Å². The highest BCUT2D eigenvalue weighted by atomic mass is 16.5. The summed E-state index contributed by atoms with van der Waals surface area (Å²) in [6.45, 7) is 2.43. The Morgan fingerprint density at radius 2 is 1.52 bits per heavy atom.